The summed E-state index contributed by atoms with van der Waals surface area (Å²) in [6.07, 6.45) is 0. The number of nitrogens with zero attached hydrogens (tertiary/aromatic N) is 1. The molecule has 2 N–H and O–H groups in total. The Balaban J connectivity index is 2.14. The van der Waals surface area contributed by atoms with E-state index in [0.717, 1.165) is 6.54 Å². The molecule has 0 aliphatic carbocycles. The van der Waals surface area contributed by atoms with Crippen LogP contribution in [0.3, 0.4) is 0 Å². The van der Waals surface area contributed by atoms with E-state index >= 15 is 0 Å². The van der Waals surface area contributed by atoms with E-state index in [0.29, 0.717) is 23.1 Å². The van der Waals surface area contributed by atoms with Gasteiger partial charge in [0, 0.05) is 19.1 Å². The number of hydrogen-bond donors (Lipinski definition) is 1. The van der Waals surface area contributed by atoms with Crippen LogP contribution in [0.15, 0.2) is 11.4 Å². The van der Waals surface area contributed by atoms with E-state index in [1.807, 2.05) is 16.3 Å². The minimum atomic E-state index is 0.0339. The molecule has 88 valence electrons. The van der Waals surface area contributed by atoms with Gasteiger partial charge in [-0.3, -0.25) is 4.79 Å². The lowest BCUT2D eigenvalue weighted by atomic mass is 10.1. The maximum absolute atomic E-state index is 12.2. The van der Waals surface area contributed by atoms with Crippen LogP contribution in [-0.4, -0.2) is 37.0 Å². The molecule has 1 aromatic rings. The van der Waals surface area contributed by atoms with Crippen molar-refractivity contribution in [3.8, 4) is 5.75 Å². The van der Waals surface area contributed by atoms with Gasteiger partial charge >= 0.3 is 0 Å². The minimum Gasteiger partial charge on any atom is -0.495 e. The van der Waals surface area contributed by atoms with Crippen molar-refractivity contribution in [1.29, 1.82) is 0 Å². The third-order valence-electron chi connectivity index (χ3n) is 3.00. The van der Waals surface area contributed by atoms with Gasteiger partial charge in [-0.15, -0.1) is 11.3 Å². The monoisotopic (exact) mass is 240 g/mol. The smallest absolute Gasteiger partial charge is 0.267 e. The van der Waals surface area contributed by atoms with Crippen molar-refractivity contribution in [2.45, 2.75) is 13.0 Å². The average molecular weight is 240 g/mol. The standard InChI is InChI=1S/C11H16N2O2S/c1-7-5-13(6-8(7)12)11(14)10-9(15-2)3-4-16-10/h3-4,7-8H,5-6,12H2,1-2H3. The Morgan fingerprint density at radius 1 is 1.62 bits per heavy atom. The summed E-state index contributed by atoms with van der Waals surface area (Å²) in [5.74, 6) is 1.06. The van der Waals surface area contributed by atoms with Gasteiger partial charge in [0.05, 0.1) is 7.11 Å². The van der Waals surface area contributed by atoms with Gasteiger partial charge in [-0.25, -0.2) is 0 Å². The first kappa shape index (κ1) is 11.4. The fourth-order valence-electron chi connectivity index (χ4n) is 1.92. The molecule has 1 saturated heterocycles. The van der Waals surface area contributed by atoms with Crippen LogP contribution in [0.1, 0.15) is 16.6 Å². The lowest BCUT2D eigenvalue weighted by molar-refractivity contribution is 0.0788. The second kappa shape index (κ2) is 4.43. The van der Waals surface area contributed by atoms with Gasteiger partial charge in [0.25, 0.3) is 5.91 Å². The molecule has 0 saturated carbocycles. The summed E-state index contributed by atoms with van der Waals surface area (Å²) >= 11 is 1.41. The molecule has 1 aromatic heterocycles. The van der Waals surface area contributed by atoms with Crippen molar-refractivity contribution < 1.29 is 9.53 Å². The SMILES string of the molecule is COc1ccsc1C(=O)N1CC(C)C(N)C1. The molecule has 4 nitrogen and oxygen atoms in total. The molecule has 0 aromatic carbocycles. The second-order valence-electron chi connectivity index (χ2n) is 4.17. The van der Waals surface area contributed by atoms with Gasteiger partial charge in [-0.05, 0) is 17.4 Å². The molecule has 2 rings (SSSR count). The summed E-state index contributed by atoms with van der Waals surface area (Å²) in [6.45, 7) is 3.45. The Hall–Kier alpha value is -1.07. The summed E-state index contributed by atoms with van der Waals surface area (Å²) in [7, 11) is 1.58. The molecule has 2 heterocycles. The van der Waals surface area contributed by atoms with Crippen molar-refractivity contribution in [3.63, 3.8) is 0 Å². The van der Waals surface area contributed by atoms with E-state index in [-0.39, 0.29) is 11.9 Å². The van der Waals surface area contributed by atoms with Crippen LogP contribution < -0.4 is 10.5 Å². The lowest BCUT2D eigenvalue weighted by Crippen LogP contribution is -2.31. The number of methoxy groups -OCH3 is 1. The van der Waals surface area contributed by atoms with E-state index in [4.69, 9.17) is 10.5 Å². The Morgan fingerprint density at radius 3 is 2.94 bits per heavy atom. The predicted octanol–water partition coefficient (Wildman–Crippen LogP) is 1.18. The highest BCUT2D eigenvalue weighted by Gasteiger charge is 2.31. The molecule has 2 unspecified atom stereocenters. The van der Waals surface area contributed by atoms with Gasteiger partial charge in [-0.2, -0.15) is 0 Å². The summed E-state index contributed by atoms with van der Waals surface area (Å²) in [4.78, 5) is 14.7. The summed E-state index contributed by atoms with van der Waals surface area (Å²) in [5, 5.41) is 1.87. The third-order valence-corrected chi connectivity index (χ3v) is 3.88. The van der Waals surface area contributed by atoms with Gasteiger partial charge < -0.3 is 15.4 Å². The van der Waals surface area contributed by atoms with E-state index < -0.39 is 0 Å². The molecule has 2 atom stereocenters. The normalized spacial score (nSPS) is 24.8. The van der Waals surface area contributed by atoms with Crippen LogP contribution in [-0.2, 0) is 0 Å². The Bertz CT molecular complexity index is 381. The number of rotatable bonds is 2. The topological polar surface area (TPSA) is 55.6 Å². The zero-order valence-corrected chi connectivity index (χ0v) is 10.3. The van der Waals surface area contributed by atoms with Crippen molar-refractivity contribution in [1.82, 2.24) is 4.90 Å². The van der Waals surface area contributed by atoms with E-state index in [2.05, 4.69) is 6.92 Å². The van der Waals surface area contributed by atoms with E-state index in [1.54, 1.807) is 7.11 Å². The highest BCUT2D eigenvalue weighted by Crippen LogP contribution is 2.27. The van der Waals surface area contributed by atoms with Crippen LogP contribution >= 0.6 is 11.3 Å². The number of carbonyl (C=O) groups is 1. The van der Waals surface area contributed by atoms with Crippen LogP contribution in [0, 0.1) is 5.92 Å². The molecule has 5 heteroatoms. The second-order valence-corrected chi connectivity index (χ2v) is 5.09. The zero-order valence-electron chi connectivity index (χ0n) is 9.47. The van der Waals surface area contributed by atoms with Crippen molar-refractivity contribution in [2.75, 3.05) is 20.2 Å². The number of nitrogens with two attached hydrogens (primary N) is 1. The first-order chi connectivity index (χ1) is 7.63. The highest BCUT2D eigenvalue weighted by molar-refractivity contribution is 7.12. The van der Waals surface area contributed by atoms with E-state index in [1.165, 1.54) is 11.3 Å². The van der Waals surface area contributed by atoms with Gasteiger partial charge in [0.15, 0.2) is 0 Å². The van der Waals surface area contributed by atoms with Gasteiger partial charge in [0.1, 0.15) is 10.6 Å². The Kier molecular flexibility index (Phi) is 3.16. The Labute approximate surface area is 99.0 Å². The van der Waals surface area contributed by atoms with Crippen LogP contribution in [0.2, 0.25) is 0 Å². The largest absolute Gasteiger partial charge is 0.495 e. The fraction of sp³-hybridized carbons (Fsp3) is 0.545. The van der Waals surface area contributed by atoms with Crippen LogP contribution in [0.5, 0.6) is 5.75 Å². The van der Waals surface area contributed by atoms with Crippen LogP contribution in [0.4, 0.5) is 0 Å². The number of hydrogen-bond acceptors (Lipinski definition) is 4. The van der Waals surface area contributed by atoms with Crippen molar-refractivity contribution in [3.05, 3.63) is 16.3 Å². The predicted molar refractivity (Wildman–Crippen MR) is 63.9 cm³/mol. The molecule has 0 spiro atoms. The third kappa shape index (κ3) is 1.92. The molecule has 16 heavy (non-hydrogen) atoms. The molecular weight excluding hydrogens is 224 g/mol. The number of ether oxygens (including phenoxy) is 1. The molecule has 0 bridgehead atoms. The first-order valence-corrected chi connectivity index (χ1v) is 6.17. The maximum atomic E-state index is 12.2. The summed E-state index contributed by atoms with van der Waals surface area (Å²) in [6, 6.07) is 1.91. The molecule has 1 amide bonds. The first-order valence-electron chi connectivity index (χ1n) is 5.29. The lowest BCUT2D eigenvalue weighted by Gasteiger charge is -2.15. The number of likely N-dealkylation sites (tertiary alicyclic amines) is 1. The van der Waals surface area contributed by atoms with Crippen LogP contribution in [0.25, 0.3) is 0 Å². The molecular formula is C11H16N2O2S. The average Bonchev–Trinajstić information content (AvgIpc) is 2.85. The van der Waals surface area contributed by atoms with Crippen molar-refractivity contribution in [2.24, 2.45) is 11.7 Å². The van der Waals surface area contributed by atoms with Crippen molar-refractivity contribution >= 4 is 17.2 Å². The molecule has 1 aliphatic rings. The van der Waals surface area contributed by atoms with Gasteiger partial charge in [0.2, 0.25) is 0 Å². The summed E-state index contributed by atoms with van der Waals surface area (Å²) in [5.41, 5.74) is 5.91. The molecule has 0 radical (unpaired) electrons. The summed E-state index contributed by atoms with van der Waals surface area (Å²) < 4.78 is 5.15. The number of thiophene rings is 1. The maximum Gasteiger partial charge on any atom is 0.267 e. The molecule has 1 aliphatic heterocycles. The number of carbonyl (C=O) groups excluding carboxylic acids is 1. The quantitative estimate of drug-likeness (QED) is 0.844. The van der Waals surface area contributed by atoms with E-state index in [9.17, 15) is 4.79 Å². The number of amides is 1. The Morgan fingerprint density at radius 2 is 2.38 bits per heavy atom. The highest BCUT2D eigenvalue weighted by atomic mass is 32.1. The molecule has 1 fully saturated rings. The van der Waals surface area contributed by atoms with Gasteiger partial charge in [-0.1, -0.05) is 6.92 Å². The minimum absolute atomic E-state index is 0.0339. The zero-order chi connectivity index (χ0) is 11.7. The fourth-order valence-corrected chi connectivity index (χ4v) is 2.74.